The van der Waals surface area contributed by atoms with Crippen molar-refractivity contribution in [2.75, 3.05) is 19.7 Å². The van der Waals surface area contributed by atoms with Crippen LogP contribution in [0.5, 0.6) is 0 Å². The third-order valence-electron chi connectivity index (χ3n) is 2.53. The number of likely N-dealkylation sites (N-methyl/N-ethyl adjacent to an activating group) is 1. The number of benzene rings is 1. The van der Waals surface area contributed by atoms with Crippen molar-refractivity contribution in [1.29, 1.82) is 0 Å². The Hall–Kier alpha value is -1.12. The first-order valence-corrected chi connectivity index (χ1v) is 5.35. The largest absolute Gasteiger partial charge is 0.395 e. The maximum Gasteiger partial charge on any atom is 0.0558 e. The number of hydrogen-bond donors (Lipinski definition) is 1. The van der Waals surface area contributed by atoms with E-state index in [2.05, 4.69) is 30.5 Å². The van der Waals surface area contributed by atoms with Crippen molar-refractivity contribution in [3.63, 3.8) is 0 Å². The Morgan fingerprint density at radius 1 is 1.40 bits per heavy atom. The van der Waals surface area contributed by atoms with Gasteiger partial charge in [-0.2, -0.15) is 0 Å². The molecule has 0 bridgehead atoms. The van der Waals surface area contributed by atoms with Gasteiger partial charge < -0.3 is 5.11 Å². The third-order valence-corrected chi connectivity index (χ3v) is 2.53. The van der Waals surface area contributed by atoms with Crippen LogP contribution >= 0.6 is 0 Å². The van der Waals surface area contributed by atoms with E-state index >= 15 is 0 Å². The van der Waals surface area contributed by atoms with Crippen LogP contribution in [-0.2, 0) is 6.54 Å². The van der Waals surface area contributed by atoms with Gasteiger partial charge in [0.25, 0.3) is 0 Å². The predicted molar refractivity (Wildman–Crippen MR) is 64.6 cm³/mol. The highest BCUT2D eigenvalue weighted by Crippen LogP contribution is 2.12. The molecule has 0 aliphatic rings. The summed E-state index contributed by atoms with van der Waals surface area (Å²) in [6.07, 6.45) is 1.88. The number of aliphatic hydroxyl groups is 1. The molecule has 0 saturated heterocycles. The molecular formula is C13H19NO. The second-order valence-electron chi connectivity index (χ2n) is 3.50. The molecule has 0 spiro atoms. The molecule has 0 saturated carbocycles. The first-order valence-electron chi connectivity index (χ1n) is 5.35. The molecule has 82 valence electrons. The molecule has 15 heavy (non-hydrogen) atoms. The summed E-state index contributed by atoms with van der Waals surface area (Å²) in [5.74, 6) is 0. The Bertz CT molecular complexity index is 309. The fourth-order valence-electron chi connectivity index (χ4n) is 1.61. The summed E-state index contributed by atoms with van der Waals surface area (Å²) >= 11 is 0. The van der Waals surface area contributed by atoms with Gasteiger partial charge in [0.05, 0.1) is 6.61 Å². The van der Waals surface area contributed by atoms with Gasteiger partial charge in [-0.3, -0.25) is 4.90 Å². The quantitative estimate of drug-likeness (QED) is 0.769. The molecule has 1 rings (SSSR count). The molecule has 0 heterocycles. The molecule has 2 nitrogen and oxygen atoms in total. The smallest absolute Gasteiger partial charge is 0.0558 e. The van der Waals surface area contributed by atoms with E-state index in [1.54, 1.807) is 0 Å². The van der Waals surface area contributed by atoms with Crippen LogP contribution in [-0.4, -0.2) is 29.7 Å². The van der Waals surface area contributed by atoms with Crippen LogP contribution in [0, 0.1) is 0 Å². The molecule has 0 aliphatic heterocycles. The average molecular weight is 205 g/mol. The standard InChI is InChI=1S/C13H19NO/c1-3-12-7-5-6-8-13(12)11-14(4-2)9-10-15/h3,5-8,15H,1,4,9-11H2,2H3. The highest BCUT2D eigenvalue weighted by atomic mass is 16.3. The Balaban J connectivity index is 2.73. The summed E-state index contributed by atoms with van der Waals surface area (Å²) in [5.41, 5.74) is 2.44. The van der Waals surface area contributed by atoms with Gasteiger partial charge in [0.2, 0.25) is 0 Å². The van der Waals surface area contributed by atoms with Gasteiger partial charge in [-0.1, -0.05) is 43.8 Å². The van der Waals surface area contributed by atoms with Crippen molar-refractivity contribution < 1.29 is 5.11 Å². The van der Waals surface area contributed by atoms with E-state index in [9.17, 15) is 0 Å². The van der Waals surface area contributed by atoms with Crippen LogP contribution in [0.4, 0.5) is 0 Å². The molecule has 1 aromatic carbocycles. The van der Waals surface area contributed by atoms with E-state index in [1.165, 1.54) is 11.1 Å². The summed E-state index contributed by atoms with van der Waals surface area (Å²) in [6.45, 7) is 8.67. The topological polar surface area (TPSA) is 23.5 Å². The van der Waals surface area contributed by atoms with Crippen molar-refractivity contribution in [2.45, 2.75) is 13.5 Å². The molecule has 1 aromatic rings. The van der Waals surface area contributed by atoms with Gasteiger partial charge in [-0.15, -0.1) is 0 Å². The molecule has 0 radical (unpaired) electrons. The number of hydrogen-bond acceptors (Lipinski definition) is 2. The lowest BCUT2D eigenvalue weighted by molar-refractivity contribution is 0.197. The molecular weight excluding hydrogens is 186 g/mol. The maximum absolute atomic E-state index is 8.91. The third kappa shape index (κ3) is 3.50. The lowest BCUT2D eigenvalue weighted by Gasteiger charge is -2.20. The minimum Gasteiger partial charge on any atom is -0.395 e. The highest BCUT2D eigenvalue weighted by Gasteiger charge is 2.04. The van der Waals surface area contributed by atoms with E-state index in [4.69, 9.17) is 5.11 Å². The number of nitrogens with zero attached hydrogens (tertiary/aromatic N) is 1. The first kappa shape index (κ1) is 12.0. The monoisotopic (exact) mass is 205 g/mol. The normalized spacial score (nSPS) is 10.6. The zero-order valence-corrected chi connectivity index (χ0v) is 9.32. The fraction of sp³-hybridized carbons (Fsp3) is 0.385. The van der Waals surface area contributed by atoms with Gasteiger partial charge in [0.15, 0.2) is 0 Å². The van der Waals surface area contributed by atoms with Crippen molar-refractivity contribution in [3.05, 3.63) is 42.0 Å². The van der Waals surface area contributed by atoms with Crippen LogP contribution in [0.2, 0.25) is 0 Å². The number of aliphatic hydroxyl groups excluding tert-OH is 1. The predicted octanol–water partition coefficient (Wildman–Crippen LogP) is 2.14. The Kier molecular flexibility index (Phi) is 5.08. The zero-order valence-electron chi connectivity index (χ0n) is 9.32. The molecule has 2 heteroatoms. The lowest BCUT2D eigenvalue weighted by atomic mass is 10.1. The second-order valence-corrected chi connectivity index (χ2v) is 3.50. The summed E-state index contributed by atoms with van der Waals surface area (Å²) in [4.78, 5) is 2.21. The molecule has 0 unspecified atom stereocenters. The maximum atomic E-state index is 8.91. The Morgan fingerprint density at radius 3 is 2.73 bits per heavy atom. The summed E-state index contributed by atoms with van der Waals surface area (Å²) in [5, 5.41) is 8.91. The van der Waals surface area contributed by atoms with Gasteiger partial charge >= 0.3 is 0 Å². The van der Waals surface area contributed by atoms with Crippen molar-refractivity contribution in [1.82, 2.24) is 4.90 Å². The average Bonchev–Trinajstić information content (AvgIpc) is 2.29. The van der Waals surface area contributed by atoms with Gasteiger partial charge in [0, 0.05) is 13.1 Å². The molecule has 0 atom stereocenters. The van der Waals surface area contributed by atoms with Crippen LogP contribution in [0.1, 0.15) is 18.1 Å². The minimum atomic E-state index is 0.212. The molecule has 0 aromatic heterocycles. The van der Waals surface area contributed by atoms with Crippen LogP contribution in [0.25, 0.3) is 6.08 Å². The van der Waals surface area contributed by atoms with E-state index in [0.717, 1.165) is 19.6 Å². The number of rotatable bonds is 6. The molecule has 0 fully saturated rings. The lowest BCUT2D eigenvalue weighted by Crippen LogP contribution is -2.26. The summed E-state index contributed by atoms with van der Waals surface area (Å²) in [6, 6.07) is 8.23. The van der Waals surface area contributed by atoms with Gasteiger partial charge in [0.1, 0.15) is 0 Å². The SMILES string of the molecule is C=Cc1ccccc1CN(CC)CCO. The van der Waals surface area contributed by atoms with E-state index in [0.29, 0.717) is 0 Å². The van der Waals surface area contributed by atoms with Crippen molar-refractivity contribution in [2.24, 2.45) is 0 Å². The molecule has 0 amide bonds. The van der Waals surface area contributed by atoms with E-state index in [-0.39, 0.29) is 6.61 Å². The highest BCUT2D eigenvalue weighted by molar-refractivity contribution is 5.51. The van der Waals surface area contributed by atoms with Crippen LogP contribution < -0.4 is 0 Å². The molecule has 0 aliphatic carbocycles. The molecule has 1 N–H and O–H groups in total. The van der Waals surface area contributed by atoms with Crippen LogP contribution in [0.3, 0.4) is 0 Å². The summed E-state index contributed by atoms with van der Waals surface area (Å²) < 4.78 is 0. The zero-order chi connectivity index (χ0) is 11.1. The summed E-state index contributed by atoms with van der Waals surface area (Å²) in [7, 11) is 0. The van der Waals surface area contributed by atoms with E-state index < -0.39 is 0 Å². The first-order chi connectivity index (χ1) is 7.31. The van der Waals surface area contributed by atoms with Gasteiger partial charge in [-0.25, -0.2) is 0 Å². The fourth-order valence-corrected chi connectivity index (χ4v) is 1.61. The second kappa shape index (κ2) is 6.38. The van der Waals surface area contributed by atoms with Crippen molar-refractivity contribution >= 4 is 6.08 Å². The minimum absolute atomic E-state index is 0.212. The van der Waals surface area contributed by atoms with Gasteiger partial charge in [-0.05, 0) is 17.7 Å². The van der Waals surface area contributed by atoms with Crippen molar-refractivity contribution in [3.8, 4) is 0 Å². The van der Waals surface area contributed by atoms with Crippen LogP contribution in [0.15, 0.2) is 30.8 Å². The van der Waals surface area contributed by atoms with E-state index in [1.807, 2.05) is 18.2 Å². The Morgan fingerprint density at radius 2 is 2.13 bits per heavy atom. The Labute approximate surface area is 91.9 Å².